The number of alkyl halides is 3. The minimum atomic E-state index is -4.41. The molecule has 4 nitrogen and oxygen atoms in total. The fourth-order valence-corrected chi connectivity index (χ4v) is 2.48. The molecule has 0 saturated carbocycles. The standard InChI is InChI=1S/C18H14F3N3O/c1-11-15(8-13-10-22-6-5-16(13)24-11)17(25)23-9-12-3-2-4-14(7-12)18(19,20)21/h2-8,10H,9H2,1H3,(H,23,25). The average molecular weight is 345 g/mol. The van der Waals surface area contributed by atoms with Crippen LogP contribution in [0.1, 0.15) is 27.2 Å². The zero-order valence-electron chi connectivity index (χ0n) is 13.3. The molecular weight excluding hydrogens is 331 g/mol. The highest BCUT2D eigenvalue weighted by molar-refractivity contribution is 5.98. The van der Waals surface area contributed by atoms with Crippen molar-refractivity contribution >= 4 is 16.8 Å². The molecule has 128 valence electrons. The lowest BCUT2D eigenvalue weighted by molar-refractivity contribution is -0.137. The quantitative estimate of drug-likeness (QED) is 0.784. The summed E-state index contributed by atoms with van der Waals surface area (Å²) >= 11 is 0. The lowest BCUT2D eigenvalue weighted by atomic mass is 10.1. The normalized spacial score (nSPS) is 11.5. The molecule has 0 fully saturated rings. The monoisotopic (exact) mass is 345 g/mol. The molecule has 1 aromatic carbocycles. The van der Waals surface area contributed by atoms with E-state index in [-0.39, 0.29) is 6.54 Å². The summed E-state index contributed by atoms with van der Waals surface area (Å²) in [5.41, 5.74) is 1.26. The number of amides is 1. The third kappa shape index (κ3) is 3.76. The maximum Gasteiger partial charge on any atom is 0.416 e. The van der Waals surface area contributed by atoms with E-state index in [2.05, 4.69) is 15.3 Å². The second kappa shape index (κ2) is 6.51. The van der Waals surface area contributed by atoms with Gasteiger partial charge >= 0.3 is 6.18 Å². The Morgan fingerprint density at radius 1 is 1.20 bits per heavy atom. The molecule has 0 aliphatic heterocycles. The van der Waals surface area contributed by atoms with E-state index in [1.807, 2.05) is 0 Å². The molecule has 2 aromatic heterocycles. The summed E-state index contributed by atoms with van der Waals surface area (Å²) in [6, 6.07) is 8.29. The number of hydrogen-bond donors (Lipinski definition) is 1. The van der Waals surface area contributed by atoms with E-state index in [9.17, 15) is 18.0 Å². The molecule has 0 aliphatic carbocycles. The van der Waals surface area contributed by atoms with Gasteiger partial charge in [0.2, 0.25) is 0 Å². The Kier molecular flexibility index (Phi) is 4.39. The number of nitrogens with zero attached hydrogens (tertiary/aromatic N) is 2. The van der Waals surface area contributed by atoms with Crippen LogP contribution < -0.4 is 5.32 Å². The molecule has 3 rings (SSSR count). The number of benzene rings is 1. The minimum absolute atomic E-state index is 0.00668. The molecule has 0 aliphatic rings. The number of carbonyl (C=O) groups excluding carboxylic acids is 1. The van der Waals surface area contributed by atoms with Crippen molar-refractivity contribution in [2.24, 2.45) is 0 Å². The number of rotatable bonds is 3. The topological polar surface area (TPSA) is 54.9 Å². The number of halogens is 3. The van der Waals surface area contributed by atoms with Crippen molar-refractivity contribution in [1.29, 1.82) is 0 Å². The van der Waals surface area contributed by atoms with Crippen LogP contribution in [0, 0.1) is 6.92 Å². The largest absolute Gasteiger partial charge is 0.416 e. The summed E-state index contributed by atoms with van der Waals surface area (Å²) in [4.78, 5) is 20.7. The van der Waals surface area contributed by atoms with Gasteiger partial charge in [-0.15, -0.1) is 0 Å². The number of pyridine rings is 2. The number of carbonyl (C=O) groups is 1. The van der Waals surface area contributed by atoms with E-state index in [0.29, 0.717) is 16.8 Å². The molecule has 7 heteroatoms. The Bertz CT molecular complexity index is 938. The molecule has 1 N–H and O–H groups in total. The lowest BCUT2D eigenvalue weighted by Gasteiger charge is -2.11. The average Bonchev–Trinajstić information content (AvgIpc) is 2.58. The molecule has 0 unspecified atom stereocenters. The van der Waals surface area contributed by atoms with Gasteiger partial charge in [-0.3, -0.25) is 14.8 Å². The van der Waals surface area contributed by atoms with Crippen molar-refractivity contribution in [3.63, 3.8) is 0 Å². The zero-order chi connectivity index (χ0) is 18.0. The van der Waals surface area contributed by atoms with E-state index >= 15 is 0 Å². The number of hydrogen-bond acceptors (Lipinski definition) is 3. The van der Waals surface area contributed by atoms with Crippen molar-refractivity contribution < 1.29 is 18.0 Å². The molecule has 0 radical (unpaired) electrons. The summed E-state index contributed by atoms with van der Waals surface area (Å²) in [7, 11) is 0. The summed E-state index contributed by atoms with van der Waals surface area (Å²) in [5.74, 6) is -0.395. The Balaban J connectivity index is 1.78. The number of fused-ring (bicyclic) bond motifs is 1. The highest BCUT2D eigenvalue weighted by Crippen LogP contribution is 2.29. The van der Waals surface area contributed by atoms with Crippen molar-refractivity contribution in [2.45, 2.75) is 19.6 Å². The maximum atomic E-state index is 12.7. The fraction of sp³-hybridized carbons (Fsp3) is 0.167. The Labute approximate surface area is 141 Å². The summed E-state index contributed by atoms with van der Waals surface area (Å²) in [6.07, 6.45) is -1.20. The van der Waals surface area contributed by atoms with Gasteiger partial charge in [0.15, 0.2) is 0 Å². The third-order valence-corrected chi connectivity index (χ3v) is 3.76. The summed E-state index contributed by atoms with van der Waals surface area (Å²) in [5, 5.41) is 3.35. The number of aryl methyl sites for hydroxylation is 1. The van der Waals surface area contributed by atoms with Crippen LogP contribution in [0.2, 0.25) is 0 Å². The molecule has 0 spiro atoms. The molecule has 3 aromatic rings. The number of aromatic nitrogens is 2. The second-order valence-corrected chi connectivity index (χ2v) is 5.57. The van der Waals surface area contributed by atoms with Gasteiger partial charge in [0.1, 0.15) is 0 Å². The van der Waals surface area contributed by atoms with E-state index in [1.165, 1.54) is 12.1 Å². The van der Waals surface area contributed by atoms with Crippen molar-refractivity contribution in [2.75, 3.05) is 0 Å². The van der Waals surface area contributed by atoms with Gasteiger partial charge in [0.25, 0.3) is 5.91 Å². The van der Waals surface area contributed by atoms with Crippen molar-refractivity contribution in [3.05, 3.63) is 71.2 Å². The molecule has 25 heavy (non-hydrogen) atoms. The molecule has 0 saturated heterocycles. The van der Waals surface area contributed by atoms with Gasteiger partial charge in [-0.2, -0.15) is 13.2 Å². The lowest BCUT2D eigenvalue weighted by Crippen LogP contribution is -2.24. The first kappa shape index (κ1) is 16.9. The summed E-state index contributed by atoms with van der Waals surface area (Å²) < 4.78 is 38.2. The predicted octanol–water partition coefficient (Wildman–Crippen LogP) is 3.89. The van der Waals surface area contributed by atoms with Crippen molar-refractivity contribution in [1.82, 2.24) is 15.3 Å². The van der Waals surface area contributed by atoms with Crippen molar-refractivity contribution in [3.8, 4) is 0 Å². The van der Waals surface area contributed by atoms with Gasteiger partial charge in [0.05, 0.1) is 22.3 Å². The minimum Gasteiger partial charge on any atom is -0.348 e. The smallest absolute Gasteiger partial charge is 0.348 e. The maximum absolute atomic E-state index is 12.7. The Hall–Kier alpha value is -2.96. The first-order chi connectivity index (χ1) is 11.8. The van der Waals surface area contributed by atoms with Crippen LogP contribution in [0.4, 0.5) is 13.2 Å². The van der Waals surface area contributed by atoms with Crippen LogP contribution in [0.15, 0.2) is 48.8 Å². The molecule has 0 atom stereocenters. The van der Waals surface area contributed by atoms with E-state index < -0.39 is 17.6 Å². The van der Waals surface area contributed by atoms with Crippen LogP contribution in [-0.4, -0.2) is 15.9 Å². The van der Waals surface area contributed by atoms with Crippen LogP contribution in [0.25, 0.3) is 10.9 Å². The first-order valence-corrected chi connectivity index (χ1v) is 7.50. The first-order valence-electron chi connectivity index (χ1n) is 7.50. The predicted molar refractivity (Wildman–Crippen MR) is 86.9 cm³/mol. The third-order valence-electron chi connectivity index (χ3n) is 3.76. The Morgan fingerprint density at radius 2 is 2.00 bits per heavy atom. The van der Waals surface area contributed by atoms with E-state index in [1.54, 1.807) is 31.5 Å². The molecule has 1 amide bonds. The van der Waals surface area contributed by atoms with Gasteiger partial charge in [0, 0.05) is 24.3 Å². The SMILES string of the molecule is Cc1nc2ccncc2cc1C(=O)NCc1cccc(C(F)(F)F)c1. The highest BCUT2D eigenvalue weighted by Gasteiger charge is 2.30. The van der Waals surface area contributed by atoms with Gasteiger partial charge in [-0.25, -0.2) is 0 Å². The van der Waals surface area contributed by atoms with Crippen LogP contribution in [-0.2, 0) is 12.7 Å². The molecule has 2 heterocycles. The van der Waals surface area contributed by atoms with Gasteiger partial charge in [-0.05, 0) is 36.8 Å². The van der Waals surface area contributed by atoms with Crippen LogP contribution in [0.3, 0.4) is 0 Å². The van der Waals surface area contributed by atoms with Crippen LogP contribution >= 0.6 is 0 Å². The zero-order valence-corrected chi connectivity index (χ0v) is 13.3. The summed E-state index contributed by atoms with van der Waals surface area (Å²) in [6.45, 7) is 1.70. The van der Waals surface area contributed by atoms with E-state index in [0.717, 1.165) is 23.0 Å². The molecular formula is C18H14F3N3O. The van der Waals surface area contributed by atoms with Crippen LogP contribution in [0.5, 0.6) is 0 Å². The number of nitrogens with one attached hydrogen (secondary N) is 1. The van der Waals surface area contributed by atoms with Gasteiger partial charge < -0.3 is 5.32 Å². The second-order valence-electron chi connectivity index (χ2n) is 5.57. The molecule has 0 bridgehead atoms. The highest BCUT2D eigenvalue weighted by atomic mass is 19.4. The van der Waals surface area contributed by atoms with E-state index in [4.69, 9.17) is 0 Å². The van der Waals surface area contributed by atoms with Gasteiger partial charge in [-0.1, -0.05) is 12.1 Å². The fourth-order valence-electron chi connectivity index (χ4n) is 2.48. The Morgan fingerprint density at radius 3 is 2.76 bits per heavy atom.